The van der Waals surface area contributed by atoms with Crippen LogP contribution in [0.3, 0.4) is 0 Å². The summed E-state index contributed by atoms with van der Waals surface area (Å²) in [5, 5.41) is 8.68. The molecule has 0 aromatic carbocycles. The molecule has 6 heteroatoms. The number of carbonyl (C=O) groups is 1. The maximum atomic E-state index is 12.1. The Labute approximate surface area is 105 Å². The van der Waals surface area contributed by atoms with Crippen molar-refractivity contribution in [3.05, 3.63) is 22.7 Å². The molecule has 1 N–H and O–H groups in total. The molecule has 1 aliphatic heterocycles. The summed E-state index contributed by atoms with van der Waals surface area (Å²) in [5.41, 5.74) is -0.110. The summed E-state index contributed by atoms with van der Waals surface area (Å²) in [6.07, 6.45) is 3.44. The first-order valence-corrected chi connectivity index (χ1v) is 6.03. The van der Waals surface area contributed by atoms with Crippen molar-refractivity contribution in [2.45, 2.75) is 26.3 Å². The molecular weight excluding hydrogens is 234 g/mol. The first-order valence-electron chi connectivity index (χ1n) is 6.03. The molecule has 0 spiro atoms. The largest absolute Gasteiger partial charge is 0.481 e. The van der Waals surface area contributed by atoms with Gasteiger partial charge in [-0.25, -0.2) is 4.98 Å². The molecule has 6 nitrogen and oxygen atoms in total. The topological polar surface area (TPSA) is 75.4 Å². The monoisotopic (exact) mass is 251 g/mol. The summed E-state index contributed by atoms with van der Waals surface area (Å²) in [6, 6.07) is 0.0929. The van der Waals surface area contributed by atoms with E-state index < -0.39 is 5.97 Å². The van der Waals surface area contributed by atoms with Crippen molar-refractivity contribution in [2.24, 2.45) is 5.92 Å². The zero-order valence-corrected chi connectivity index (χ0v) is 10.5. The van der Waals surface area contributed by atoms with Crippen molar-refractivity contribution in [1.29, 1.82) is 0 Å². The molecule has 0 amide bonds. The minimum Gasteiger partial charge on any atom is -0.481 e. The molecule has 1 aromatic heterocycles. The molecule has 1 aromatic rings. The van der Waals surface area contributed by atoms with Crippen LogP contribution in [0.15, 0.2) is 17.2 Å². The van der Waals surface area contributed by atoms with E-state index >= 15 is 0 Å². The van der Waals surface area contributed by atoms with E-state index in [4.69, 9.17) is 5.11 Å². The Balaban J connectivity index is 2.10. The molecule has 0 atom stereocenters. The fraction of sp³-hybridized carbons (Fsp3) is 0.583. The van der Waals surface area contributed by atoms with Gasteiger partial charge in [0.15, 0.2) is 5.82 Å². The Morgan fingerprint density at radius 2 is 2.22 bits per heavy atom. The van der Waals surface area contributed by atoms with Gasteiger partial charge in [-0.3, -0.25) is 9.59 Å². The Kier molecular flexibility index (Phi) is 3.36. The third-order valence-electron chi connectivity index (χ3n) is 3.13. The number of aliphatic carboxylic acids is 1. The normalized spacial score (nSPS) is 15.8. The van der Waals surface area contributed by atoms with E-state index in [1.54, 1.807) is 17.0 Å². The van der Waals surface area contributed by atoms with Crippen LogP contribution < -0.4 is 10.5 Å². The number of anilines is 1. The van der Waals surface area contributed by atoms with Gasteiger partial charge in [-0.15, -0.1) is 0 Å². The molecule has 0 bridgehead atoms. The van der Waals surface area contributed by atoms with E-state index in [0.29, 0.717) is 18.9 Å². The molecule has 0 unspecified atom stereocenters. The Bertz CT molecular complexity index is 504. The standard InChI is InChI=1S/C12H17N3O3/c1-8(2)15-4-3-13-11(12(15)18)14-6-9(7-14)5-10(16)17/h3-4,8-9H,5-7H2,1-2H3,(H,16,17). The smallest absolute Gasteiger partial charge is 0.303 e. The Morgan fingerprint density at radius 1 is 1.56 bits per heavy atom. The summed E-state index contributed by atoms with van der Waals surface area (Å²) in [5.74, 6) is -0.246. The average Bonchev–Trinajstić information content (AvgIpc) is 2.23. The highest BCUT2D eigenvalue weighted by molar-refractivity contribution is 5.67. The fourth-order valence-corrected chi connectivity index (χ4v) is 2.16. The van der Waals surface area contributed by atoms with E-state index in [9.17, 15) is 9.59 Å². The maximum absolute atomic E-state index is 12.1. The van der Waals surface area contributed by atoms with Crippen molar-refractivity contribution in [1.82, 2.24) is 9.55 Å². The highest BCUT2D eigenvalue weighted by Crippen LogP contribution is 2.22. The SMILES string of the molecule is CC(C)n1ccnc(N2CC(CC(=O)O)C2)c1=O. The van der Waals surface area contributed by atoms with Crippen LogP contribution in [-0.2, 0) is 4.79 Å². The lowest BCUT2D eigenvalue weighted by atomic mass is 9.96. The van der Waals surface area contributed by atoms with E-state index in [2.05, 4.69) is 4.98 Å². The number of rotatable bonds is 4. The van der Waals surface area contributed by atoms with Gasteiger partial charge in [-0.2, -0.15) is 0 Å². The van der Waals surface area contributed by atoms with Gasteiger partial charge in [0, 0.05) is 37.4 Å². The molecule has 0 saturated carbocycles. The number of carboxylic acid groups (broad SMARTS) is 1. The van der Waals surface area contributed by atoms with Crippen molar-refractivity contribution in [3.8, 4) is 0 Å². The van der Waals surface area contributed by atoms with Gasteiger partial charge >= 0.3 is 5.97 Å². The van der Waals surface area contributed by atoms with Gasteiger partial charge in [0.2, 0.25) is 0 Å². The number of aromatic nitrogens is 2. The molecule has 1 fully saturated rings. The maximum Gasteiger partial charge on any atom is 0.303 e. The van der Waals surface area contributed by atoms with Crippen LogP contribution >= 0.6 is 0 Å². The van der Waals surface area contributed by atoms with Crippen LogP contribution in [0.2, 0.25) is 0 Å². The minimum atomic E-state index is -0.791. The van der Waals surface area contributed by atoms with Crippen molar-refractivity contribution < 1.29 is 9.90 Å². The quantitative estimate of drug-likeness (QED) is 0.854. The molecule has 0 aliphatic carbocycles. The van der Waals surface area contributed by atoms with Crippen LogP contribution in [0.5, 0.6) is 0 Å². The molecular formula is C12H17N3O3. The van der Waals surface area contributed by atoms with Gasteiger partial charge < -0.3 is 14.6 Å². The van der Waals surface area contributed by atoms with Gasteiger partial charge in [0.05, 0.1) is 6.42 Å². The zero-order valence-electron chi connectivity index (χ0n) is 10.5. The first-order chi connectivity index (χ1) is 8.49. The summed E-state index contributed by atoms with van der Waals surface area (Å²) >= 11 is 0. The first kappa shape index (κ1) is 12.6. The predicted molar refractivity (Wildman–Crippen MR) is 66.8 cm³/mol. The summed E-state index contributed by atoms with van der Waals surface area (Å²) in [7, 11) is 0. The van der Waals surface area contributed by atoms with Gasteiger partial charge in [0.25, 0.3) is 5.56 Å². The van der Waals surface area contributed by atoms with Crippen molar-refractivity contribution in [2.75, 3.05) is 18.0 Å². The van der Waals surface area contributed by atoms with Gasteiger partial charge in [-0.1, -0.05) is 0 Å². The lowest BCUT2D eigenvalue weighted by molar-refractivity contribution is -0.138. The molecule has 1 saturated heterocycles. The molecule has 98 valence electrons. The zero-order chi connectivity index (χ0) is 13.3. The fourth-order valence-electron chi connectivity index (χ4n) is 2.16. The van der Waals surface area contributed by atoms with Crippen LogP contribution in [0.4, 0.5) is 5.82 Å². The highest BCUT2D eigenvalue weighted by Gasteiger charge is 2.31. The van der Waals surface area contributed by atoms with Crippen molar-refractivity contribution in [3.63, 3.8) is 0 Å². The summed E-state index contributed by atoms with van der Waals surface area (Å²) in [6.45, 7) is 5.07. The number of hydrogen-bond acceptors (Lipinski definition) is 4. The second-order valence-corrected chi connectivity index (χ2v) is 4.93. The van der Waals surface area contributed by atoms with E-state index in [1.807, 2.05) is 18.7 Å². The predicted octanol–water partition coefficient (Wildman–Crippen LogP) is 0.735. The second-order valence-electron chi connectivity index (χ2n) is 4.93. The van der Waals surface area contributed by atoms with Gasteiger partial charge in [0.1, 0.15) is 0 Å². The Hall–Kier alpha value is -1.85. The van der Waals surface area contributed by atoms with Crippen LogP contribution in [0.25, 0.3) is 0 Å². The number of hydrogen-bond donors (Lipinski definition) is 1. The van der Waals surface area contributed by atoms with Crippen LogP contribution in [0, 0.1) is 5.92 Å². The van der Waals surface area contributed by atoms with E-state index in [-0.39, 0.29) is 23.9 Å². The Morgan fingerprint density at radius 3 is 2.78 bits per heavy atom. The van der Waals surface area contributed by atoms with E-state index in [1.165, 1.54) is 0 Å². The van der Waals surface area contributed by atoms with Crippen LogP contribution in [0.1, 0.15) is 26.3 Å². The van der Waals surface area contributed by atoms with Gasteiger partial charge in [-0.05, 0) is 13.8 Å². The van der Waals surface area contributed by atoms with Crippen molar-refractivity contribution >= 4 is 11.8 Å². The number of nitrogens with zero attached hydrogens (tertiary/aromatic N) is 3. The average molecular weight is 251 g/mol. The molecule has 2 heterocycles. The molecule has 1 aliphatic rings. The third-order valence-corrected chi connectivity index (χ3v) is 3.13. The van der Waals surface area contributed by atoms with Crippen LogP contribution in [-0.4, -0.2) is 33.7 Å². The summed E-state index contributed by atoms with van der Waals surface area (Å²) < 4.78 is 1.63. The molecule has 2 rings (SSSR count). The molecule has 0 radical (unpaired) electrons. The summed E-state index contributed by atoms with van der Waals surface area (Å²) in [4.78, 5) is 28.6. The lowest BCUT2D eigenvalue weighted by Crippen LogP contribution is -2.50. The second kappa shape index (κ2) is 4.80. The minimum absolute atomic E-state index is 0.0929. The number of carboxylic acids is 1. The van der Waals surface area contributed by atoms with E-state index in [0.717, 1.165) is 0 Å². The lowest BCUT2D eigenvalue weighted by Gasteiger charge is -2.39. The highest BCUT2D eigenvalue weighted by atomic mass is 16.4. The third kappa shape index (κ3) is 2.37. The molecule has 18 heavy (non-hydrogen) atoms.